The molecule has 1 aromatic heterocycles. The second-order valence-corrected chi connectivity index (χ2v) is 4.00. The van der Waals surface area contributed by atoms with Gasteiger partial charge in [0.05, 0.1) is 19.9 Å². The quantitative estimate of drug-likeness (QED) is 0.886. The van der Waals surface area contributed by atoms with Crippen molar-refractivity contribution < 1.29 is 19.4 Å². The summed E-state index contributed by atoms with van der Waals surface area (Å²) >= 11 is 0. The molecule has 0 amide bonds. The van der Waals surface area contributed by atoms with Gasteiger partial charge in [0.15, 0.2) is 17.2 Å². The summed E-state index contributed by atoms with van der Waals surface area (Å²) in [5.74, 6) is -0.0368. The molecule has 104 valence electrons. The molecule has 1 heterocycles. The van der Waals surface area contributed by atoms with Crippen molar-refractivity contribution in [3.05, 3.63) is 36.2 Å². The first-order chi connectivity index (χ1) is 9.58. The summed E-state index contributed by atoms with van der Waals surface area (Å²) in [4.78, 5) is 14.8. The topological polar surface area (TPSA) is 94.7 Å². The van der Waals surface area contributed by atoms with Crippen molar-refractivity contribution in [3.8, 4) is 22.6 Å². The third kappa shape index (κ3) is 2.35. The van der Waals surface area contributed by atoms with Crippen molar-refractivity contribution in [1.82, 2.24) is 4.98 Å². The number of carboxylic acids is 1. The molecule has 2 aromatic rings. The second-order valence-electron chi connectivity index (χ2n) is 4.00. The van der Waals surface area contributed by atoms with E-state index in [0.717, 1.165) is 5.56 Å². The number of carbonyl (C=O) groups is 1. The number of anilines is 1. The number of nitrogen functional groups attached to an aromatic ring is 1. The monoisotopic (exact) mass is 274 g/mol. The lowest BCUT2D eigenvalue weighted by molar-refractivity contribution is 0.0692. The Labute approximate surface area is 115 Å². The lowest BCUT2D eigenvalue weighted by atomic mass is 10.0. The molecule has 0 unspecified atom stereocenters. The predicted molar refractivity (Wildman–Crippen MR) is 74.1 cm³/mol. The zero-order valence-electron chi connectivity index (χ0n) is 11.1. The van der Waals surface area contributed by atoms with E-state index in [0.29, 0.717) is 17.1 Å². The number of methoxy groups -OCH3 is 2. The fraction of sp³-hybridized carbons (Fsp3) is 0.143. The van der Waals surface area contributed by atoms with E-state index >= 15 is 0 Å². The van der Waals surface area contributed by atoms with Gasteiger partial charge in [-0.3, -0.25) is 0 Å². The van der Waals surface area contributed by atoms with Gasteiger partial charge in [0.25, 0.3) is 0 Å². The summed E-state index contributed by atoms with van der Waals surface area (Å²) in [5, 5.41) is 9.03. The van der Waals surface area contributed by atoms with Crippen molar-refractivity contribution in [2.75, 3.05) is 20.0 Å². The van der Waals surface area contributed by atoms with Gasteiger partial charge in [-0.2, -0.15) is 0 Å². The van der Waals surface area contributed by atoms with Crippen LogP contribution in [0.5, 0.6) is 11.5 Å². The number of carboxylic acid groups (broad SMARTS) is 1. The molecule has 2 rings (SSSR count). The van der Waals surface area contributed by atoms with Gasteiger partial charge >= 0.3 is 5.97 Å². The molecule has 3 N–H and O–H groups in total. The Morgan fingerprint density at radius 2 is 1.90 bits per heavy atom. The molecule has 20 heavy (non-hydrogen) atoms. The fourth-order valence-electron chi connectivity index (χ4n) is 1.90. The molecule has 0 radical (unpaired) electrons. The van der Waals surface area contributed by atoms with Crippen LogP contribution in [-0.2, 0) is 0 Å². The van der Waals surface area contributed by atoms with Crippen LogP contribution in [-0.4, -0.2) is 30.3 Å². The highest BCUT2D eigenvalue weighted by Crippen LogP contribution is 2.34. The SMILES string of the molecule is COc1ccc(-c2ccnc(C(=O)O)c2N)cc1OC. The summed E-state index contributed by atoms with van der Waals surface area (Å²) in [6, 6.07) is 6.90. The third-order valence-electron chi connectivity index (χ3n) is 2.89. The van der Waals surface area contributed by atoms with Crippen molar-refractivity contribution in [2.24, 2.45) is 0 Å². The van der Waals surface area contributed by atoms with E-state index in [4.69, 9.17) is 20.3 Å². The molecule has 0 spiro atoms. The van der Waals surface area contributed by atoms with Gasteiger partial charge < -0.3 is 20.3 Å². The Bertz CT molecular complexity index is 656. The molecule has 0 saturated carbocycles. The molecule has 0 aliphatic carbocycles. The van der Waals surface area contributed by atoms with Crippen molar-refractivity contribution >= 4 is 11.7 Å². The Morgan fingerprint density at radius 3 is 2.50 bits per heavy atom. The van der Waals surface area contributed by atoms with Gasteiger partial charge in [-0.1, -0.05) is 6.07 Å². The van der Waals surface area contributed by atoms with Crippen LogP contribution in [0.4, 0.5) is 5.69 Å². The fourth-order valence-corrected chi connectivity index (χ4v) is 1.90. The van der Waals surface area contributed by atoms with E-state index < -0.39 is 5.97 Å². The van der Waals surface area contributed by atoms with E-state index in [9.17, 15) is 4.79 Å². The van der Waals surface area contributed by atoms with Crippen molar-refractivity contribution in [1.29, 1.82) is 0 Å². The lowest BCUT2D eigenvalue weighted by Gasteiger charge is -2.11. The minimum absolute atomic E-state index is 0.118. The molecule has 0 atom stereocenters. The standard InChI is InChI=1S/C14H14N2O4/c1-19-10-4-3-8(7-11(10)20-2)9-5-6-16-13(12(9)15)14(17)18/h3-7H,15H2,1-2H3,(H,17,18). The number of pyridine rings is 1. The van der Waals surface area contributed by atoms with Crippen LogP contribution in [0, 0.1) is 0 Å². The first-order valence-corrected chi connectivity index (χ1v) is 5.78. The molecule has 6 heteroatoms. The maximum Gasteiger partial charge on any atom is 0.356 e. The molecule has 1 aromatic carbocycles. The number of aromatic carboxylic acids is 1. The Kier molecular flexibility index (Phi) is 3.74. The zero-order valence-corrected chi connectivity index (χ0v) is 11.1. The number of rotatable bonds is 4. The van der Waals surface area contributed by atoms with Crippen LogP contribution in [0.1, 0.15) is 10.5 Å². The maximum absolute atomic E-state index is 11.0. The first-order valence-electron chi connectivity index (χ1n) is 5.78. The Morgan fingerprint density at radius 1 is 1.20 bits per heavy atom. The summed E-state index contributed by atoms with van der Waals surface area (Å²) in [7, 11) is 3.07. The highest BCUT2D eigenvalue weighted by atomic mass is 16.5. The number of nitrogens with zero attached hydrogens (tertiary/aromatic N) is 1. The van der Waals surface area contributed by atoms with Crippen molar-refractivity contribution in [2.45, 2.75) is 0 Å². The van der Waals surface area contributed by atoms with E-state index in [2.05, 4.69) is 4.98 Å². The summed E-state index contributed by atoms with van der Waals surface area (Å²) in [5.41, 5.74) is 7.12. The Balaban J connectivity index is 2.57. The van der Waals surface area contributed by atoms with Gasteiger partial charge in [0.2, 0.25) is 0 Å². The predicted octanol–water partition coefficient (Wildman–Crippen LogP) is 2.05. The number of benzene rings is 1. The van der Waals surface area contributed by atoms with Crippen LogP contribution < -0.4 is 15.2 Å². The second kappa shape index (κ2) is 5.48. The van der Waals surface area contributed by atoms with E-state index in [1.807, 2.05) is 0 Å². The average Bonchev–Trinajstić information content (AvgIpc) is 2.46. The van der Waals surface area contributed by atoms with Crippen molar-refractivity contribution in [3.63, 3.8) is 0 Å². The number of nitrogens with two attached hydrogens (primary N) is 1. The molecule has 0 saturated heterocycles. The van der Waals surface area contributed by atoms with Crippen LogP contribution in [0.15, 0.2) is 30.5 Å². The number of hydrogen-bond acceptors (Lipinski definition) is 5. The minimum Gasteiger partial charge on any atom is -0.493 e. The maximum atomic E-state index is 11.0. The molecular formula is C14H14N2O4. The van der Waals surface area contributed by atoms with Gasteiger partial charge in [-0.15, -0.1) is 0 Å². The van der Waals surface area contributed by atoms with Gasteiger partial charge in [0.1, 0.15) is 0 Å². The molecule has 0 fully saturated rings. The average molecular weight is 274 g/mol. The van der Waals surface area contributed by atoms with Crippen LogP contribution in [0.2, 0.25) is 0 Å². The Hall–Kier alpha value is -2.76. The van der Waals surface area contributed by atoms with Gasteiger partial charge in [0, 0.05) is 11.8 Å². The van der Waals surface area contributed by atoms with Crippen LogP contribution >= 0.6 is 0 Å². The summed E-state index contributed by atoms with van der Waals surface area (Å²) < 4.78 is 10.4. The molecule has 0 bridgehead atoms. The third-order valence-corrected chi connectivity index (χ3v) is 2.89. The largest absolute Gasteiger partial charge is 0.493 e. The zero-order chi connectivity index (χ0) is 14.7. The first kappa shape index (κ1) is 13.7. The van der Waals surface area contributed by atoms with E-state index in [-0.39, 0.29) is 11.4 Å². The lowest BCUT2D eigenvalue weighted by Crippen LogP contribution is -2.06. The number of aromatic nitrogens is 1. The summed E-state index contributed by atoms with van der Waals surface area (Å²) in [6.07, 6.45) is 1.41. The smallest absolute Gasteiger partial charge is 0.356 e. The highest BCUT2D eigenvalue weighted by molar-refractivity contribution is 5.96. The summed E-state index contributed by atoms with van der Waals surface area (Å²) in [6.45, 7) is 0. The van der Waals surface area contributed by atoms with Crippen LogP contribution in [0.25, 0.3) is 11.1 Å². The van der Waals surface area contributed by atoms with Gasteiger partial charge in [-0.25, -0.2) is 9.78 Å². The highest BCUT2D eigenvalue weighted by Gasteiger charge is 2.15. The number of hydrogen-bond donors (Lipinski definition) is 2. The normalized spacial score (nSPS) is 10.1. The van der Waals surface area contributed by atoms with Crippen LogP contribution in [0.3, 0.4) is 0 Å². The van der Waals surface area contributed by atoms with E-state index in [1.165, 1.54) is 13.3 Å². The molecular weight excluding hydrogens is 260 g/mol. The molecule has 0 aliphatic heterocycles. The minimum atomic E-state index is -1.16. The van der Waals surface area contributed by atoms with E-state index in [1.54, 1.807) is 31.4 Å². The van der Waals surface area contributed by atoms with Gasteiger partial charge in [-0.05, 0) is 23.8 Å². The molecule has 6 nitrogen and oxygen atoms in total. The number of ether oxygens (including phenoxy) is 2. The molecule has 0 aliphatic rings.